The Hall–Kier alpha value is -1.21. The van der Waals surface area contributed by atoms with Gasteiger partial charge >= 0.3 is 0 Å². The fraction of sp³-hybridized carbons (Fsp3) is 0.143. The van der Waals surface area contributed by atoms with E-state index in [-0.39, 0.29) is 0 Å². The molecule has 0 nitrogen and oxygen atoms in total. The Bertz CT molecular complexity index is 420. The molecule has 2 rings (SSSR count). The molecule has 0 saturated carbocycles. The van der Waals surface area contributed by atoms with Gasteiger partial charge in [-0.2, -0.15) is 12.6 Å². The predicted molar refractivity (Wildman–Crippen MR) is 69.4 cm³/mol. The summed E-state index contributed by atoms with van der Waals surface area (Å²) in [6.45, 7) is 0. The third-order valence-corrected chi connectivity index (χ3v) is 2.71. The molecule has 1 heteroatoms. The van der Waals surface area contributed by atoms with Crippen LogP contribution in [0, 0.1) is 0 Å². The summed E-state index contributed by atoms with van der Waals surface area (Å²) in [6.07, 6.45) is 1.02. The highest BCUT2D eigenvalue weighted by molar-refractivity contribution is 7.80. The molecule has 0 amide bonds. The average molecular weight is 214 g/mol. The van der Waals surface area contributed by atoms with Gasteiger partial charge in [0.05, 0.1) is 0 Å². The molecule has 0 unspecified atom stereocenters. The Morgan fingerprint density at radius 2 is 1.47 bits per heavy atom. The molecule has 0 bridgehead atoms. The lowest BCUT2D eigenvalue weighted by atomic mass is 9.98. The zero-order valence-electron chi connectivity index (χ0n) is 8.56. The van der Waals surface area contributed by atoms with Crippen molar-refractivity contribution in [1.82, 2.24) is 0 Å². The second-order valence-corrected chi connectivity index (χ2v) is 3.94. The Balaban J connectivity index is 2.43. The minimum absolute atomic E-state index is 0.893. The number of thiol groups is 1. The number of aryl methyl sites for hydroxylation is 1. The molecule has 76 valence electrons. The number of benzene rings is 2. The normalized spacial score (nSPS) is 10.2. The first-order valence-electron chi connectivity index (χ1n) is 5.16. The van der Waals surface area contributed by atoms with Gasteiger partial charge in [0.1, 0.15) is 0 Å². The van der Waals surface area contributed by atoms with Crippen LogP contribution in [0.2, 0.25) is 0 Å². The van der Waals surface area contributed by atoms with Gasteiger partial charge in [0, 0.05) is 0 Å². The van der Waals surface area contributed by atoms with E-state index in [1.165, 1.54) is 16.7 Å². The van der Waals surface area contributed by atoms with Gasteiger partial charge in [-0.05, 0) is 28.9 Å². The van der Waals surface area contributed by atoms with Gasteiger partial charge in [-0.15, -0.1) is 0 Å². The standard InChI is InChI=1S/C14H14S/c15-11-10-13-8-4-5-9-14(13)12-6-2-1-3-7-12/h1-9,15H,10-11H2. The molecule has 0 atom stereocenters. The first kappa shape index (κ1) is 10.3. The maximum absolute atomic E-state index is 4.29. The van der Waals surface area contributed by atoms with E-state index in [0.717, 1.165) is 12.2 Å². The minimum atomic E-state index is 0.893. The van der Waals surface area contributed by atoms with Crippen LogP contribution in [0.4, 0.5) is 0 Å². The largest absolute Gasteiger partial charge is 0.179 e. The van der Waals surface area contributed by atoms with Crippen molar-refractivity contribution < 1.29 is 0 Å². The van der Waals surface area contributed by atoms with Crippen LogP contribution < -0.4 is 0 Å². The van der Waals surface area contributed by atoms with Gasteiger partial charge in [0.15, 0.2) is 0 Å². The number of rotatable bonds is 3. The first-order chi connectivity index (χ1) is 7.42. The van der Waals surface area contributed by atoms with Crippen molar-refractivity contribution in [3.8, 4) is 11.1 Å². The van der Waals surface area contributed by atoms with Crippen LogP contribution in [0.25, 0.3) is 11.1 Å². The van der Waals surface area contributed by atoms with Gasteiger partial charge < -0.3 is 0 Å². The Labute approximate surface area is 96.4 Å². The van der Waals surface area contributed by atoms with E-state index in [2.05, 4.69) is 61.2 Å². The summed E-state index contributed by atoms with van der Waals surface area (Å²) in [5.41, 5.74) is 3.99. The third-order valence-electron chi connectivity index (χ3n) is 2.48. The molecule has 0 fully saturated rings. The summed E-state index contributed by atoms with van der Waals surface area (Å²) in [4.78, 5) is 0. The van der Waals surface area contributed by atoms with Crippen LogP contribution in [-0.2, 0) is 6.42 Å². The number of hydrogen-bond donors (Lipinski definition) is 1. The molecule has 0 spiro atoms. The van der Waals surface area contributed by atoms with E-state index in [1.807, 2.05) is 6.07 Å². The molecular weight excluding hydrogens is 200 g/mol. The Morgan fingerprint density at radius 1 is 0.800 bits per heavy atom. The van der Waals surface area contributed by atoms with Crippen molar-refractivity contribution in [2.75, 3.05) is 5.75 Å². The highest BCUT2D eigenvalue weighted by Crippen LogP contribution is 2.23. The summed E-state index contributed by atoms with van der Waals surface area (Å²) in [5, 5.41) is 0. The molecular formula is C14H14S. The second-order valence-electron chi connectivity index (χ2n) is 3.50. The highest BCUT2D eigenvalue weighted by atomic mass is 32.1. The van der Waals surface area contributed by atoms with Crippen LogP contribution >= 0.6 is 12.6 Å². The summed E-state index contributed by atoms with van der Waals surface area (Å²) >= 11 is 4.29. The monoisotopic (exact) mass is 214 g/mol. The van der Waals surface area contributed by atoms with Crippen molar-refractivity contribution in [2.24, 2.45) is 0 Å². The van der Waals surface area contributed by atoms with Crippen molar-refractivity contribution in [3.05, 3.63) is 60.2 Å². The van der Waals surface area contributed by atoms with Crippen molar-refractivity contribution in [3.63, 3.8) is 0 Å². The van der Waals surface area contributed by atoms with Crippen molar-refractivity contribution in [1.29, 1.82) is 0 Å². The van der Waals surface area contributed by atoms with E-state index in [0.29, 0.717) is 0 Å². The Kier molecular flexibility index (Phi) is 3.46. The molecule has 0 heterocycles. The zero-order chi connectivity index (χ0) is 10.5. The summed E-state index contributed by atoms with van der Waals surface area (Å²) in [6, 6.07) is 19.0. The molecule has 2 aromatic rings. The van der Waals surface area contributed by atoms with Gasteiger partial charge in [0.25, 0.3) is 0 Å². The summed E-state index contributed by atoms with van der Waals surface area (Å²) < 4.78 is 0. The fourth-order valence-electron chi connectivity index (χ4n) is 1.76. The zero-order valence-corrected chi connectivity index (χ0v) is 9.45. The summed E-state index contributed by atoms with van der Waals surface area (Å²) in [7, 11) is 0. The van der Waals surface area contributed by atoms with Gasteiger partial charge in [-0.3, -0.25) is 0 Å². The second kappa shape index (κ2) is 5.04. The van der Waals surface area contributed by atoms with E-state index < -0.39 is 0 Å². The smallest absolute Gasteiger partial charge is 0.00571 e. The molecule has 0 aliphatic carbocycles. The van der Waals surface area contributed by atoms with Crippen LogP contribution in [-0.4, -0.2) is 5.75 Å². The molecule has 0 aromatic heterocycles. The maximum atomic E-state index is 4.29. The highest BCUT2D eigenvalue weighted by Gasteiger charge is 2.02. The van der Waals surface area contributed by atoms with Crippen LogP contribution in [0.3, 0.4) is 0 Å². The fourth-order valence-corrected chi connectivity index (χ4v) is 2.00. The van der Waals surface area contributed by atoms with Gasteiger partial charge in [0.2, 0.25) is 0 Å². The van der Waals surface area contributed by atoms with E-state index in [1.54, 1.807) is 0 Å². The molecule has 0 saturated heterocycles. The quantitative estimate of drug-likeness (QED) is 0.738. The summed E-state index contributed by atoms with van der Waals surface area (Å²) in [5.74, 6) is 0.893. The SMILES string of the molecule is SCCc1ccccc1-c1ccccc1. The lowest BCUT2D eigenvalue weighted by Gasteiger charge is -2.08. The first-order valence-corrected chi connectivity index (χ1v) is 5.79. The maximum Gasteiger partial charge on any atom is -0.00571 e. The van der Waals surface area contributed by atoms with Crippen molar-refractivity contribution >= 4 is 12.6 Å². The molecule has 0 N–H and O–H groups in total. The number of hydrogen-bond acceptors (Lipinski definition) is 1. The molecule has 0 aliphatic heterocycles. The Morgan fingerprint density at radius 3 is 2.20 bits per heavy atom. The minimum Gasteiger partial charge on any atom is -0.179 e. The van der Waals surface area contributed by atoms with E-state index in [9.17, 15) is 0 Å². The van der Waals surface area contributed by atoms with E-state index in [4.69, 9.17) is 0 Å². The van der Waals surface area contributed by atoms with Crippen molar-refractivity contribution in [2.45, 2.75) is 6.42 Å². The lowest BCUT2D eigenvalue weighted by molar-refractivity contribution is 1.17. The predicted octanol–water partition coefficient (Wildman–Crippen LogP) is 3.83. The molecule has 0 aliphatic rings. The molecule has 0 radical (unpaired) electrons. The lowest BCUT2D eigenvalue weighted by Crippen LogP contribution is -1.90. The van der Waals surface area contributed by atoms with E-state index >= 15 is 0 Å². The van der Waals surface area contributed by atoms with Crippen LogP contribution in [0.5, 0.6) is 0 Å². The van der Waals surface area contributed by atoms with Gasteiger partial charge in [-0.1, -0.05) is 54.6 Å². The third kappa shape index (κ3) is 2.42. The average Bonchev–Trinajstić information content (AvgIpc) is 2.31. The van der Waals surface area contributed by atoms with Crippen LogP contribution in [0.15, 0.2) is 54.6 Å². The topological polar surface area (TPSA) is 0 Å². The molecule has 2 aromatic carbocycles. The van der Waals surface area contributed by atoms with Crippen LogP contribution in [0.1, 0.15) is 5.56 Å². The van der Waals surface area contributed by atoms with Gasteiger partial charge in [-0.25, -0.2) is 0 Å². The molecule has 15 heavy (non-hydrogen) atoms.